The van der Waals surface area contributed by atoms with Crippen molar-refractivity contribution in [1.29, 1.82) is 0 Å². The smallest absolute Gasteiger partial charge is 0.289 e. The summed E-state index contributed by atoms with van der Waals surface area (Å²) in [5.41, 5.74) is 1.70. The molecule has 2 heterocycles. The molecule has 0 spiro atoms. The lowest BCUT2D eigenvalue weighted by Gasteiger charge is -2.20. The Labute approximate surface area is 140 Å². The van der Waals surface area contributed by atoms with Crippen LogP contribution >= 0.6 is 0 Å². The highest BCUT2D eigenvalue weighted by Crippen LogP contribution is 2.21. The van der Waals surface area contributed by atoms with Crippen LogP contribution in [0.5, 0.6) is 0 Å². The van der Waals surface area contributed by atoms with Crippen molar-refractivity contribution in [3.63, 3.8) is 0 Å². The van der Waals surface area contributed by atoms with E-state index in [0.717, 1.165) is 5.56 Å². The summed E-state index contributed by atoms with van der Waals surface area (Å²) < 4.78 is 28.5. The van der Waals surface area contributed by atoms with E-state index >= 15 is 0 Å². The Morgan fingerprint density at radius 3 is 2.75 bits per heavy atom. The molecule has 3 rings (SSSR count). The fourth-order valence-corrected chi connectivity index (χ4v) is 4.08. The molecule has 1 N–H and O–H groups in total. The number of nitrogens with one attached hydrogen (secondary N) is 1. The molecule has 1 aromatic heterocycles. The van der Waals surface area contributed by atoms with E-state index in [1.807, 2.05) is 13.0 Å². The molecule has 1 aliphatic rings. The summed E-state index contributed by atoms with van der Waals surface area (Å²) in [6.07, 6.45) is 0. The maximum Gasteiger partial charge on any atom is 0.289 e. The predicted octanol–water partition coefficient (Wildman–Crippen LogP) is 0.459. The minimum absolute atomic E-state index is 0.0515. The van der Waals surface area contributed by atoms with Crippen molar-refractivity contribution in [2.24, 2.45) is 0 Å². The Hall–Kier alpha value is -2.26. The monoisotopic (exact) mass is 349 g/mol. The van der Waals surface area contributed by atoms with Gasteiger partial charge >= 0.3 is 0 Å². The fourth-order valence-electron chi connectivity index (χ4n) is 2.76. The molecule has 0 fully saturated rings. The van der Waals surface area contributed by atoms with Gasteiger partial charge in [0.25, 0.3) is 5.91 Å². The van der Waals surface area contributed by atoms with Crippen molar-refractivity contribution in [1.82, 2.24) is 24.4 Å². The zero-order chi connectivity index (χ0) is 17.5. The van der Waals surface area contributed by atoms with Gasteiger partial charge in [-0.25, -0.2) is 8.42 Å². The van der Waals surface area contributed by atoms with Crippen molar-refractivity contribution in [2.45, 2.75) is 31.8 Å². The lowest BCUT2D eigenvalue weighted by atomic mass is 10.2. The number of aryl methyl sites for hydroxylation is 2. The van der Waals surface area contributed by atoms with Crippen molar-refractivity contribution in [3.05, 3.63) is 41.0 Å². The Kier molecular flexibility index (Phi) is 4.14. The van der Waals surface area contributed by atoms with E-state index in [1.165, 1.54) is 11.4 Å². The molecule has 1 aromatic carbocycles. The number of fused-ring (bicyclic) bond motifs is 1. The minimum atomic E-state index is -3.65. The van der Waals surface area contributed by atoms with Crippen LogP contribution in [0.4, 0.5) is 0 Å². The number of carbonyl (C=O) groups is 1. The summed E-state index contributed by atoms with van der Waals surface area (Å²) >= 11 is 0. The van der Waals surface area contributed by atoms with Gasteiger partial charge in [0, 0.05) is 20.1 Å². The first-order chi connectivity index (χ1) is 11.3. The number of sulfonamides is 1. The van der Waals surface area contributed by atoms with E-state index in [9.17, 15) is 13.2 Å². The minimum Gasteiger partial charge on any atom is -0.348 e. The molecule has 128 valence electrons. The highest BCUT2D eigenvalue weighted by Gasteiger charge is 2.27. The van der Waals surface area contributed by atoms with E-state index in [4.69, 9.17) is 0 Å². The number of aromatic nitrogens is 3. The normalized spacial score (nSPS) is 14.6. The molecule has 0 saturated carbocycles. The molecule has 0 radical (unpaired) electrons. The van der Waals surface area contributed by atoms with Crippen LogP contribution in [0.1, 0.15) is 27.6 Å². The Balaban J connectivity index is 1.89. The molecule has 2 aromatic rings. The number of hydrogen-bond donors (Lipinski definition) is 1. The van der Waals surface area contributed by atoms with Gasteiger partial charge in [-0.05, 0) is 25.5 Å². The van der Waals surface area contributed by atoms with Crippen LogP contribution in [0.2, 0.25) is 0 Å². The molecular formula is C15H19N5O3S. The van der Waals surface area contributed by atoms with E-state index in [2.05, 4.69) is 15.5 Å². The molecular weight excluding hydrogens is 330 g/mol. The average molecular weight is 349 g/mol. The second kappa shape index (κ2) is 5.99. The first-order valence-electron chi connectivity index (χ1n) is 7.54. The second-order valence-corrected chi connectivity index (χ2v) is 7.89. The summed E-state index contributed by atoms with van der Waals surface area (Å²) in [5, 5.41) is 10.5. The van der Waals surface area contributed by atoms with E-state index in [0.29, 0.717) is 24.5 Å². The van der Waals surface area contributed by atoms with Gasteiger partial charge in [-0.15, -0.1) is 10.2 Å². The number of benzene rings is 1. The van der Waals surface area contributed by atoms with Gasteiger partial charge in [-0.3, -0.25) is 4.79 Å². The van der Waals surface area contributed by atoms with Gasteiger partial charge in [0.05, 0.1) is 11.4 Å². The zero-order valence-electron chi connectivity index (χ0n) is 13.8. The quantitative estimate of drug-likeness (QED) is 0.865. The molecule has 1 aliphatic heterocycles. The predicted molar refractivity (Wildman–Crippen MR) is 86.9 cm³/mol. The molecule has 0 bridgehead atoms. The number of hydrogen-bond acceptors (Lipinski definition) is 5. The standard InChI is InChI=1S/C15H19N5O3S/c1-10-4-5-12(11(2)8-10)24(22,23)19(3)9-13-17-18-14-15(21)16-6-7-20(13)14/h4-5,8H,6-7,9H2,1-3H3,(H,16,21). The molecule has 9 heteroatoms. The first kappa shape index (κ1) is 16.6. The summed E-state index contributed by atoms with van der Waals surface area (Å²) in [6, 6.07) is 5.23. The van der Waals surface area contributed by atoms with Crippen molar-refractivity contribution >= 4 is 15.9 Å². The molecule has 0 atom stereocenters. The van der Waals surface area contributed by atoms with Gasteiger partial charge in [0.1, 0.15) is 5.82 Å². The van der Waals surface area contributed by atoms with Gasteiger partial charge in [-0.2, -0.15) is 4.31 Å². The molecule has 0 aliphatic carbocycles. The zero-order valence-corrected chi connectivity index (χ0v) is 14.6. The average Bonchev–Trinajstić information content (AvgIpc) is 2.91. The fraction of sp³-hybridized carbons (Fsp3) is 0.400. The second-order valence-electron chi connectivity index (χ2n) is 5.88. The molecule has 0 saturated heterocycles. The van der Waals surface area contributed by atoms with Crippen molar-refractivity contribution < 1.29 is 13.2 Å². The van der Waals surface area contributed by atoms with E-state index in [1.54, 1.807) is 23.6 Å². The van der Waals surface area contributed by atoms with Crippen LogP contribution < -0.4 is 5.32 Å². The van der Waals surface area contributed by atoms with Crippen LogP contribution in [0, 0.1) is 13.8 Å². The van der Waals surface area contributed by atoms with Crippen molar-refractivity contribution in [3.8, 4) is 0 Å². The summed E-state index contributed by atoms with van der Waals surface area (Å²) in [6.45, 7) is 4.75. The summed E-state index contributed by atoms with van der Waals surface area (Å²) in [4.78, 5) is 12.0. The third kappa shape index (κ3) is 2.80. The number of rotatable bonds is 4. The van der Waals surface area contributed by atoms with Crippen LogP contribution in [-0.2, 0) is 23.1 Å². The summed E-state index contributed by atoms with van der Waals surface area (Å²) in [5.74, 6) is 0.379. The number of nitrogens with zero attached hydrogens (tertiary/aromatic N) is 4. The maximum absolute atomic E-state index is 12.8. The molecule has 0 unspecified atom stereocenters. The van der Waals surface area contributed by atoms with Gasteiger partial charge in [0.15, 0.2) is 0 Å². The van der Waals surface area contributed by atoms with E-state index < -0.39 is 10.0 Å². The topological polar surface area (TPSA) is 97.2 Å². The largest absolute Gasteiger partial charge is 0.348 e. The first-order valence-corrected chi connectivity index (χ1v) is 8.98. The maximum atomic E-state index is 12.8. The lowest BCUT2D eigenvalue weighted by Crippen LogP contribution is -2.37. The van der Waals surface area contributed by atoms with Crippen LogP contribution in [0.25, 0.3) is 0 Å². The SMILES string of the molecule is Cc1ccc(S(=O)(=O)N(C)Cc2nnc3n2CCNC3=O)c(C)c1. The van der Waals surface area contributed by atoms with Crippen LogP contribution in [0.3, 0.4) is 0 Å². The molecule has 1 amide bonds. The third-order valence-electron chi connectivity index (χ3n) is 4.03. The van der Waals surface area contributed by atoms with E-state index in [-0.39, 0.29) is 23.2 Å². The number of carbonyl (C=O) groups excluding carboxylic acids is 1. The van der Waals surface area contributed by atoms with Gasteiger partial charge in [0.2, 0.25) is 15.8 Å². The number of amides is 1. The van der Waals surface area contributed by atoms with Crippen molar-refractivity contribution in [2.75, 3.05) is 13.6 Å². The Bertz CT molecular complexity index is 904. The molecule has 24 heavy (non-hydrogen) atoms. The van der Waals surface area contributed by atoms with Gasteiger partial charge in [-0.1, -0.05) is 17.7 Å². The van der Waals surface area contributed by atoms with Gasteiger partial charge < -0.3 is 9.88 Å². The lowest BCUT2D eigenvalue weighted by molar-refractivity contribution is 0.0920. The Morgan fingerprint density at radius 2 is 2.04 bits per heavy atom. The third-order valence-corrected chi connectivity index (χ3v) is 6.00. The molecule has 8 nitrogen and oxygen atoms in total. The highest BCUT2D eigenvalue weighted by atomic mass is 32.2. The van der Waals surface area contributed by atoms with Crippen LogP contribution in [-0.4, -0.2) is 47.0 Å². The highest BCUT2D eigenvalue weighted by molar-refractivity contribution is 7.89. The van der Waals surface area contributed by atoms with Crippen LogP contribution in [0.15, 0.2) is 23.1 Å². The Morgan fingerprint density at radius 1 is 1.29 bits per heavy atom. The summed E-state index contributed by atoms with van der Waals surface area (Å²) in [7, 11) is -2.15.